The van der Waals surface area contributed by atoms with Crippen LogP contribution in [0.3, 0.4) is 0 Å². The highest BCUT2D eigenvalue weighted by Gasteiger charge is 2.31. The van der Waals surface area contributed by atoms with Gasteiger partial charge in [-0.25, -0.2) is 8.42 Å². The molecule has 2 aliphatic heterocycles. The van der Waals surface area contributed by atoms with Gasteiger partial charge in [-0.15, -0.1) is 0 Å². The molecule has 216 valence electrons. The minimum absolute atomic E-state index is 0.0359. The third-order valence-electron chi connectivity index (χ3n) is 7.62. The summed E-state index contributed by atoms with van der Waals surface area (Å²) < 4.78 is 30.6. The second kappa shape index (κ2) is 11.6. The lowest BCUT2D eigenvalue weighted by atomic mass is 9.89. The molecule has 3 aromatic rings. The Morgan fingerprint density at radius 3 is 2.61 bits per heavy atom. The van der Waals surface area contributed by atoms with Crippen molar-refractivity contribution in [2.24, 2.45) is 5.92 Å². The number of nitrogens with zero attached hydrogens (tertiary/aromatic N) is 2. The third kappa shape index (κ3) is 6.21. The Morgan fingerprint density at radius 2 is 1.88 bits per heavy atom. The normalized spacial score (nSPS) is 16.8. The van der Waals surface area contributed by atoms with Gasteiger partial charge in [0.2, 0.25) is 10.0 Å². The monoisotopic (exact) mass is 618 g/mol. The zero-order valence-corrected chi connectivity index (χ0v) is 24.6. The lowest BCUT2D eigenvalue weighted by Gasteiger charge is -2.30. The fourth-order valence-corrected chi connectivity index (χ4v) is 7.09. The van der Waals surface area contributed by atoms with Gasteiger partial charge in [-0.1, -0.05) is 40.9 Å². The molecule has 0 aliphatic carbocycles. The van der Waals surface area contributed by atoms with E-state index in [1.807, 2.05) is 18.2 Å². The zero-order chi connectivity index (χ0) is 29.5. The molecule has 0 unspecified atom stereocenters. The van der Waals surface area contributed by atoms with Crippen LogP contribution in [0.1, 0.15) is 51.1 Å². The molecule has 1 aromatic heterocycles. The Morgan fingerprint density at radius 1 is 1.10 bits per heavy atom. The number of carbonyl (C=O) groups is 3. The number of hydrogen-bond acceptors (Lipinski definition) is 6. The predicted octanol–water partition coefficient (Wildman–Crippen LogP) is 5.19. The van der Waals surface area contributed by atoms with Crippen molar-refractivity contribution in [3.63, 3.8) is 0 Å². The molecule has 1 atom stereocenters. The summed E-state index contributed by atoms with van der Waals surface area (Å²) >= 11 is 13.2. The second-order valence-electron chi connectivity index (χ2n) is 10.4. The van der Waals surface area contributed by atoms with E-state index in [9.17, 15) is 27.9 Å². The molecule has 0 saturated heterocycles. The summed E-state index contributed by atoms with van der Waals surface area (Å²) in [6, 6.07) is 8.72. The highest BCUT2D eigenvalue weighted by Crippen LogP contribution is 2.37. The predicted molar refractivity (Wildman–Crippen MR) is 155 cm³/mol. The Bertz CT molecular complexity index is 1700. The number of sulfonamides is 1. The van der Waals surface area contributed by atoms with Gasteiger partial charge in [0.25, 0.3) is 5.91 Å². The van der Waals surface area contributed by atoms with E-state index in [0.29, 0.717) is 48.2 Å². The van der Waals surface area contributed by atoms with Crippen molar-refractivity contribution < 1.29 is 32.3 Å². The number of rotatable bonds is 8. The number of carbonyl (C=O) groups excluding carboxylic acids is 2. The highest BCUT2D eigenvalue weighted by atomic mass is 35.5. The Balaban J connectivity index is 1.32. The van der Waals surface area contributed by atoms with Gasteiger partial charge in [0.05, 0.1) is 34.0 Å². The molecule has 0 radical (unpaired) electrons. The molecule has 41 heavy (non-hydrogen) atoms. The summed E-state index contributed by atoms with van der Waals surface area (Å²) in [4.78, 5) is 40.3. The first-order valence-corrected chi connectivity index (χ1v) is 15.7. The van der Waals surface area contributed by atoms with Crippen LogP contribution in [0.5, 0.6) is 0 Å². The lowest BCUT2D eigenvalue weighted by molar-refractivity contribution is -0.141. The van der Waals surface area contributed by atoms with Crippen LogP contribution in [0.25, 0.3) is 11.0 Å². The van der Waals surface area contributed by atoms with Crippen LogP contribution in [0, 0.1) is 5.92 Å². The maximum atomic E-state index is 13.4. The van der Waals surface area contributed by atoms with E-state index in [1.54, 1.807) is 29.4 Å². The number of amides is 1. The number of fused-ring (bicyclic) bond motifs is 2. The largest absolute Gasteiger partial charge is 0.481 e. The highest BCUT2D eigenvalue weighted by molar-refractivity contribution is 7.88. The Labute approximate surface area is 247 Å². The maximum Gasteiger partial charge on any atom is 0.307 e. The van der Waals surface area contributed by atoms with Crippen LogP contribution < -0.4 is 0 Å². The van der Waals surface area contributed by atoms with E-state index < -0.39 is 27.7 Å². The molecule has 0 saturated carbocycles. The Hall–Kier alpha value is -3.18. The number of furan rings is 1. The number of ketones is 1. The van der Waals surface area contributed by atoms with Crippen molar-refractivity contribution in [3.05, 3.63) is 80.5 Å². The van der Waals surface area contributed by atoms with E-state index >= 15 is 0 Å². The van der Waals surface area contributed by atoms with E-state index in [-0.39, 0.29) is 47.4 Å². The van der Waals surface area contributed by atoms with Crippen molar-refractivity contribution in [1.29, 1.82) is 0 Å². The molecule has 1 amide bonds. The van der Waals surface area contributed by atoms with Gasteiger partial charge in [-0.2, -0.15) is 4.31 Å². The average Bonchev–Trinajstić information content (AvgIpc) is 3.39. The van der Waals surface area contributed by atoms with Gasteiger partial charge in [-0.05, 0) is 54.7 Å². The van der Waals surface area contributed by atoms with Crippen LogP contribution in [-0.2, 0) is 27.8 Å². The van der Waals surface area contributed by atoms with Gasteiger partial charge < -0.3 is 14.4 Å². The third-order valence-corrected chi connectivity index (χ3v) is 9.59. The van der Waals surface area contributed by atoms with Crippen LogP contribution in [0.2, 0.25) is 10.0 Å². The molecule has 2 aromatic carbocycles. The van der Waals surface area contributed by atoms with E-state index in [1.165, 1.54) is 4.31 Å². The lowest BCUT2D eigenvalue weighted by Crippen LogP contribution is -2.36. The molecule has 2 aliphatic rings. The van der Waals surface area contributed by atoms with E-state index in [4.69, 9.17) is 27.6 Å². The minimum Gasteiger partial charge on any atom is -0.481 e. The number of halogens is 2. The zero-order valence-electron chi connectivity index (χ0n) is 22.2. The molecule has 0 spiro atoms. The molecule has 3 heterocycles. The molecular formula is C29H28Cl2N2O7S. The van der Waals surface area contributed by atoms with E-state index in [2.05, 4.69) is 0 Å². The van der Waals surface area contributed by atoms with Crippen LogP contribution >= 0.6 is 23.2 Å². The van der Waals surface area contributed by atoms with Gasteiger partial charge in [0.1, 0.15) is 5.58 Å². The van der Waals surface area contributed by atoms with Crippen molar-refractivity contribution in [3.8, 4) is 0 Å². The molecule has 0 fully saturated rings. The second-order valence-corrected chi connectivity index (χ2v) is 13.2. The molecule has 9 nitrogen and oxygen atoms in total. The smallest absolute Gasteiger partial charge is 0.307 e. The maximum absolute atomic E-state index is 13.4. The van der Waals surface area contributed by atoms with Gasteiger partial charge in [0, 0.05) is 43.5 Å². The summed E-state index contributed by atoms with van der Waals surface area (Å²) in [6.45, 7) is 1.06. The number of benzene rings is 2. The standard InChI is InChI=1S/C29H28Cl2N2O7S/c1-41(38,39)33-8-2-3-17(15-33)11-20(29(36)37)13-24(34)26-23(30)12-21-16-32(9-6-22(21)27(26)31)28(35)19-5-4-18-7-10-40-25(18)14-19/h3-5,7,10,12,14,20H,2,6,8-9,11,13,15-16H2,1H3,(H,36,37)/t20-/m1/s1. The van der Waals surface area contributed by atoms with E-state index in [0.717, 1.165) is 17.2 Å². The van der Waals surface area contributed by atoms with Crippen molar-refractivity contribution in [1.82, 2.24) is 9.21 Å². The molecule has 12 heteroatoms. The number of carboxylic acids is 1. The summed E-state index contributed by atoms with van der Waals surface area (Å²) in [5.74, 6) is -2.91. The van der Waals surface area contributed by atoms with Crippen molar-refractivity contribution >= 4 is 61.9 Å². The number of carboxylic acid groups (broad SMARTS) is 1. The fraction of sp³-hybridized carbons (Fsp3) is 0.345. The van der Waals surface area contributed by atoms with Crippen LogP contribution in [0.15, 0.2) is 52.7 Å². The summed E-state index contributed by atoms with van der Waals surface area (Å²) in [6.07, 6.45) is 5.08. The van der Waals surface area contributed by atoms with Crippen molar-refractivity contribution in [2.45, 2.75) is 32.2 Å². The topological polar surface area (TPSA) is 125 Å². The minimum atomic E-state index is -3.42. The molecular weight excluding hydrogens is 591 g/mol. The van der Waals surface area contributed by atoms with Gasteiger partial charge in [-0.3, -0.25) is 14.4 Å². The van der Waals surface area contributed by atoms with Gasteiger partial charge >= 0.3 is 5.97 Å². The first-order valence-electron chi connectivity index (χ1n) is 13.1. The van der Waals surface area contributed by atoms with Crippen molar-refractivity contribution in [2.75, 3.05) is 25.9 Å². The van der Waals surface area contributed by atoms with Gasteiger partial charge in [0.15, 0.2) is 5.78 Å². The fourth-order valence-electron chi connectivity index (χ4n) is 5.45. The quantitative estimate of drug-likeness (QED) is 0.272. The summed E-state index contributed by atoms with van der Waals surface area (Å²) in [7, 11) is -3.42. The van der Waals surface area contributed by atoms with Crippen LogP contribution in [0.4, 0.5) is 0 Å². The first-order chi connectivity index (χ1) is 19.4. The summed E-state index contributed by atoms with van der Waals surface area (Å²) in [5, 5.41) is 11.0. The number of hydrogen-bond donors (Lipinski definition) is 1. The SMILES string of the molecule is CS(=O)(=O)N1CCC=C(C[C@H](CC(=O)c2c(Cl)cc3c(c2Cl)CCN(C(=O)c2ccc4ccoc4c2)C3)C(=O)O)C1. The van der Waals surface area contributed by atoms with Crippen LogP contribution in [-0.4, -0.2) is 66.3 Å². The number of aliphatic carboxylic acids is 1. The first kappa shape index (κ1) is 29.3. The molecule has 5 rings (SSSR count). The molecule has 1 N–H and O–H groups in total. The number of Topliss-reactive ketones (excluding diaryl/α,β-unsaturated/α-hetero) is 1. The average molecular weight is 620 g/mol. The Kier molecular flexibility index (Phi) is 8.29. The summed E-state index contributed by atoms with van der Waals surface area (Å²) in [5.41, 5.74) is 3.26. The molecule has 0 bridgehead atoms.